The van der Waals surface area contributed by atoms with Crippen LogP contribution in [0.2, 0.25) is 0 Å². The summed E-state index contributed by atoms with van der Waals surface area (Å²) in [5, 5.41) is 2.59. The standard InChI is InChI=1S/C14H22FN3O3S/c1-9(7-18-13(19)20-14(2,3)4)22-21-12-10(6-16)5-11(15)8-17-12/h5,8-9H,6-7,16H2,1-4H3,(H,18,19)/t9-/m0/s1. The molecule has 0 radical (unpaired) electrons. The predicted molar refractivity (Wildman–Crippen MR) is 84.0 cm³/mol. The predicted octanol–water partition coefficient (Wildman–Crippen LogP) is 2.62. The molecule has 1 aromatic rings. The normalized spacial score (nSPS) is 12.6. The van der Waals surface area contributed by atoms with E-state index in [0.29, 0.717) is 12.1 Å². The van der Waals surface area contributed by atoms with Gasteiger partial charge in [-0.15, -0.1) is 0 Å². The number of hydrogen-bond donors (Lipinski definition) is 2. The van der Waals surface area contributed by atoms with Crippen molar-refractivity contribution in [1.29, 1.82) is 0 Å². The highest BCUT2D eigenvalue weighted by molar-refractivity contribution is 7.95. The summed E-state index contributed by atoms with van der Waals surface area (Å²) in [4.78, 5) is 15.4. The number of pyridine rings is 1. The lowest BCUT2D eigenvalue weighted by Crippen LogP contribution is -2.35. The summed E-state index contributed by atoms with van der Waals surface area (Å²) < 4.78 is 23.6. The molecule has 1 atom stereocenters. The number of aromatic nitrogens is 1. The maximum absolute atomic E-state index is 13.0. The number of halogens is 1. The second-order valence-electron chi connectivity index (χ2n) is 5.69. The van der Waals surface area contributed by atoms with Crippen molar-refractivity contribution in [2.24, 2.45) is 5.73 Å². The SMILES string of the molecule is C[C@@H](CNC(=O)OC(C)(C)C)SOc1ncc(F)cc1CN. The van der Waals surface area contributed by atoms with E-state index < -0.39 is 17.5 Å². The van der Waals surface area contributed by atoms with Crippen LogP contribution in [0.15, 0.2) is 12.3 Å². The van der Waals surface area contributed by atoms with Crippen molar-refractivity contribution in [2.45, 2.75) is 45.1 Å². The van der Waals surface area contributed by atoms with Gasteiger partial charge in [0.25, 0.3) is 0 Å². The van der Waals surface area contributed by atoms with Crippen molar-refractivity contribution in [3.63, 3.8) is 0 Å². The number of rotatable bonds is 6. The Kier molecular flexibility index (Phi) is 6.89. The van der Waals surface area contributed by atoms with Crippen molar-refractivity contribution in [2.75, 3.05) is 6.54 Å². The average Bonchev–Trinajstić information content (AvgIpc) is 2.41. The fourth-order valence-electron chi connectivity index (χ4n) is 1.39. The molecule has 1 rings (SSSR count). The summed E-state index contributed by atoms with van der Waals surface area (Å²) in [6.07, 6.45) is 0.584. The fourth-order valence-corrected chi connectivity index (χ4v) is 1.95. The van der Waals surface area contributed by atoms with Gasteiger partial charge in [0.05, 0.1) is 23.5 Å². The molecule has 0 aliphatic heterocycles. The molecule has 3 N–H and O–H groups in total. The Morgan fingerprint density at radius 2 is 2.23 bits per heavy atom. The van der Waals surface area contributed by atoms with Crippen LogP contribution >= 0.6 is 12.0 Å². The van der Waals surface area contributed by atoms with Crippen molar-refractivity contribution < 1.29 is 18.1 Å². The van der Waals surface area contributed by atoms with Crippen molar-refractivity contribution in [1.82, 2.24) is 10.3 Å². The lowest BCUT2D eigenvalue weighted by Gasteiger charge is -2.20. The Labute approximate surface area is 134 Å². The highest BCUT2D eigenvalue weighted by Crippen LogP contribution is 2.22. The molecular formula is C14H22FN3O3S. The summed E-state index contributed by atoms with van der Waals surface area (Å²) in [6, 6.07) is 1.28. The molecule has 6 nitrogen and oxygen atoms in total. The molecule has 0 aliphatic rings. The van der Waals surface area contributed by atoms with Crippen LogP contribution < -0.4 is 15.2 Å². The number of carbonyl (C=O) groups is 1. The Morgan fingerprint density at radius 1 is 1.55 bits per heavy atom. The van der Waals surface area contributed by atoms with Crippen LogP contribution in [0, 0.1) is 5.82 Å². The first kappa shape index (κ1) is 18.5. The first-order valence-corrected chi connectivity index (χ1v) is 7.66. The van der Waals surface area contributed by atoms with Gasteiger partial charge in [-0.05, 0) is 33.8 Å². The Bertz CT molecular complexity index is 509. The van der Waals surface area contributed by atoms with E-state index in [1.54, 1.807) is 20.8 Å². The largest absolute Gasteiger partial charge is 0.444 e. The molecule has 0 saturated heterocycles. The van der Waals surface area contributed by atoms with Gasteiger partial charge in [-0.25, -0.2) is 14.2 Å². The Morgan fingerprint density at radius 3 is 2.82 bits per heavy atom. The molecule has 0 fully saturated rings. The van der Waals surface area contributed by atoms with E-state index in [2.05, 4.69) is 10.3 Å². The van der Waals surface area contributed by atoms with Crippen LogP contribution in [0.25, 0.3) is 0 Å². The molecule has 0 bridgehead atoms. The maximum atomic E-state index is 13.0. The van der Waals surface area contributed by atoms with Gasteiger partial charge in [0.2, 0.25) is 5.88 Å². The molecule has 0 aromatic carbocycles. The third-order valence-electron chi connectivity index (χ3n) is 2.34. The minimum Gasteiger partial charge on any atom is -0.444 e. The zero-order valence-corrected chi connectivity index (χ0v) is 14.0. The molecule has 0 spiro atoms. The van der Waals surface area contributed by atoms with Crippen LogP contribution in [0.1, 0.15) is 33.3 Å². The number of amides is 1. The number of hydrogen-bond acceptors (Lipinski definition) is 6. The summed E-state index contributed by atoms with van der Waals surface area (Å²) in [5.41, 5.74) is 5.46. The highest BCUT2D eigenvalue weighted by atomic mass is 32.2. The Balaban J connectivity index is 2.40. The molecule has 124 valence electrons. The second kappa shape index (κ2) is 8.19. The van der Waals surface area contributed by atoms with Crippen LogP contribution in [0.4, 0.5) is 9.18 Å². The van der Waals surface area contributed by atoms with Crippen LogP contribution in [-0.4, -0.2) is 28.5 Å². The monoisotopic (exact) mass is 331 g/mol. The van der Waals surface area contributed by atoms with Gasteiger partial charge in [0.15, 0.2) is 0 Å². The molecule has 1 heterocycles. The van der Waals surface area contributed by atoms with Gasteiger partial charge in [-0.1, -0.05) is 0 Å². The maximum Gasteiger partial charge on any atom is 0.407 e. The lowest BCUT2D eigenvalue weighted by molar-refractivity contribution is 0.0528. The summed E-state index contributed by atoms with van der Waals surface area (Å²) in [7, 11) is 0. The van der Waals surface area contributed by atoms with E-state index in [1.165, 1.54) is 6.07 Å². The number of alkyl carbamates (subject to hydrolysis) is 1. The highest BCUT2D eigenvalue weighted by Gasteiger charge is 2.17. The average molecular weight is 331 g/mol. The van der Waals surface area contributed by atoms with Gasteiger partial charge in [0.1, 0.15) is 11.4 Å². The van der Waals surface area contributed by atoms with Crippen LogP contribution in [0.5, 0.6) is 5.88 Å². The van der Waals surface area contributed by atoms with Crippen LogP contribution in [0.3, 0.4) is 0 Å². The minimum absolute atomic E-state index is 0.0509. The summed E-state index contributed by atoms with van der Waals surface area (Å²) in [5.74, 6) is -0.185. The number of nitrogens with zero attached hydrogens (tertiary/aromatic N) is 1. The smallest absolute Gasteiger partial charge is 0.407 e. The van der Waals surface area contributed by atoms with Gasteiger partial charge in [-0.3, -0.25) is 0 Å². The number of carbonyl (C=O) groups excluding carboxylic acids is 1. The molecule has 0 aliphatic carbocycles. The molecular weight excluding hydrogens is 309 g/mol. The van der Waals surface area contributed by atoms with E-state index in [1.807, 2.05) is 6.92 Å². The molecule has 0 saturated carbocycles. The van der Waals surface area contributed by atoms with Crippen molar-refractivity contribution >= 4 is 18.1 Å². The van der Waals surface area contributed by atoms with Crippen molar-refractivity contribution in [3.05, 3.63) is 23.6 Å². The minimum atomic E-state index is -0.537. The van der Waals surface area contributed by atoms with Crippen LogP contribution in [-0.2, 0) is 11.3 Å². The molecule has 1 aromatic heterocycles. The van der Waals surface area contributed by atoms with E-state index in [9.17, 15) is 9.18 Å². The lowest BCUT2D eigenvalue weighted by atomic mass is 10.2. The van der Waals surface area contributed by atoms with E-state index in [4.69, 9.17) is 14.7 Å². The zero-order chi connectivity index (χ0) is 16.8. The zero-order valence-electron chi connectivity index (χ0n) is 13.2. The topological polar surface area (TPSA) is 86.5 Å². The quantitative estimate of drug-likeness (QED) is 0.779. The third kappa shape index (κ3) is 6.95. The summed E-state index contributed by atoms with van der Waals surface area (Å²) >= 11 is 1.11. The fraction of sp³-hybridized carbons (Fsp3) is 0.571. The van der Waals surface area contributed by atoms with Gasteiger partial charge < -0.3 is 20.0 Å². The van der Waals surface area contributed by atoms with Gasteiger partial charge in [0, 0.05) is 18.7 Å². The van der Waals surface area contributed by atoms with Gasteiger partial charge >= 0.3 is 6.09 Å². The van der Waals surface area contributed by atoms with Crippen molar-refractivity contribution in [3.8, 4) is 5.88 Å². The van der Waals surface area contributed by atoms with E-state index in [0.717, 1.165) is 18.2 Å². The van der Waals surface area contributed by atoms with E-state index in [-0.39, 0.29) is 17.7 Å². The first-order chi connectivity index (χ1) is 10.2. The Hall–Kier alpha value is -1.54. The summed E-state index contributed by atoms with van der Waals surface area (Å²) in [6.45, 7) is 7.74. The number of ether oxygens (including phenoxy) is 1. The third-order valence-corrected chi connectivity index (χ3v) is 3.09. The first-order valence-electron chi connectivity index (χ1n) is 6.86. The molecule has 1 amide bonds. The number of nitrogens with one attached hydrogen (secondary N) is 1. The molecule has 0 unspecified atom stereocenters. The van der Waals surface area contributed by atoms with E-state index >= 15 is 0 Å². The molecule has 8 heteroatoms. The second-order valence-corrected chi connectivity index (χ2v) is 6.86. The molecule has 22 heavy (non-hydrogen) atoms. The number of nitrogens with two attached hydrogens (primary N) is 1. The van der Waals surface area contributed by atoms with Gasteiger partial charge in [-0.2, -0.15) is 0 Å².